The van der Waals surface area contributed by atoms with Gasteiger partial charge in [-0.1, -0.05) is 6.92 Å². The Bertz CT molecular complexity index is 526. The van der Waals surface area contributed by atoms with Crippen molar-refractivity contribution in [2.24, 2.45) is 18.5 Å². The van der Waals surface area contributed by atoms with Crippen LogP contribution in [0.15, 0.2) is 17.1 Å². The van der Waals surface area contributed by atoms with Gasteiger partial charge in [0.1, 0.15) is 0 Å². The van der Waals surface area contributed by atoms with Crippen molar-refractivity contribution in [3.8, 4) is 5.75 Å². The smallest absolute Gasteiger partial charge is 0.293 e. The maximum atomic E-state index is 12.0. The highest BCUT2D eigenvalue weighted by Gasteiger charge is 2.26. The molecule has 1 amide bonds. The van der Waals surface area contributed by atoms with Crippen LogP contribution in [0.2, 0.25) is 0 Å². The minimum absolute atomic E-state index is 0.0941. The summed E-state index contributed by atoms with van der Waals surface area (Å²) < 4.78 is 1.18. The van der Waals surface area contributed by atoms with Gasteiger partial charge in [0.2, 0.25) is 0 Å². The molecule has 1 atom stereocenters. The fourth-order valence-corrected chi connectivity index (χ4v) is 1.68. The van der Waals surface area contributed by atoms with E-state index in [9.17, 15) is 14.7 Å². The van der Waals surface area contributed by atoms with E-state index in [-0.39, 0.29) is 5.56 Å². The number of hydrogen-bond donors (Lipinski definition) is 4. The third kappa shape index (κ3) is 3.33. The van der Waals surface area contributed by atoms with Crippen molar-refractivity contribution < 1.29 is 9.90 Å². The number of carbonyl (C=O) groups excluding carboxylic acids is 1. The first-order chi connectivity index (χ1) is 8.84. The van der Waals surface area contributed by atoms with Gasteiger partial charge in [0.25, 0.3) is 11.5 Å². The van der Waals surface area contributed by atoms with Crippen molar-refractivity contribution in [2.75, 3.05) is 6.54 Å². The molecule has 1 aromatic heterocycles. The Labute approximate surface area is 111 Å². The predicted molar refractivity (Wildman–Crippen MR) is 71.7 cm³/mol. The third-order valence-electron chi connectivity index (χ3n) is 3.07. The molecule has 19 heavy (non-hydrogen) atoms. The fraction of sp³-hybridized carbons (Fsp3) is 0.500. The Kier molecular flexibility index (Phi) is 4.68. The average molecular weight is 268 g/mol. The summed E-state index contributed by atoms with van der Waals surface area (Å²) in [6, 6.07) is 1.37. The van der Waals surface area contributed by atoms with Crippen LogP contribution in [0.5, 0.6) is 5.75 Å². The number of aromatic nitrogens is 1. The SMILES string of the molecule is CCC(N)(CCN)NC(=O)c1ccn(C)c(=O)c1O. The Hall–Kier alpha value is -1.86. The first-order valence-electron chi connectivity index (χ1n) is 6.04. The predicted octanol–water partition coefficient (Wildman–Crippen LogP) is -0.765. The molecule has 0 saturated carbocycles. The Morgan fingerprint density at radius 2 is 2.21 bits per heavy atom. The molecular formula is C12H20N4O3. The van der Waals surface area contributed by atoms with Crippen LogP contribution in [0.3, 0.4) is 0 Å². The van der Waals surface area contributed by atoms with Gasteiger partial charge >= 0.3 is 0 Å². The van der Waals surface area contributed by atoms with Crippen LogP contribution in [0, 0.1) is 0 Å². The third-order valence-corrected chi connectivity index (χ3v) is 3.07. The van der Waals surface area contributed by atoms with Gasteiger partial charge in [-0.2, -0.15) is 0 Å². The molecule has 0 aliphatic heterocycles. The lowest BCUT2D eigenvalue weighted by atomic mass is 10.0. The van der Waals surface area contributed by atoms with E-state index in [4.69, 9.17) is 11.5 Å². The number of amides is 1. The van der Waals surface area contributed by atoms with E-state index in [0.717, 1.165) is 0 Å². The molecular weight excluding hydrogens is 248 g/mol. The van der Waals surface area contributed by atoms with Crippen LogP contribution < -0.4 is 22.3 Å². The van der Waals surface area contributed by atoms with Gasteiger partial charge in [0.05, 0.1) is 11.2 Å². The summed E-state index contributed by atoms with van der Waals surface area (Å²) in [7, 11) is 1.48. The van der Waals surface area contributed by atoms with Crippen molar-refractivity contribution in [1.29, 1.82) is 0 Å². The summed E-state index contributed by atoms with van der Waals surface area (Å²) in [5.74, 6) is -1.18. The fourth-order valence-electron chi connectivity index (χ4n) is 1.68. The van der Waals surface area contributed by atoms with Crippen LogP contribution >= 0.6 is 0 Å². The van der Waals surface area contributed by atoms with Gasteiger partial charge in [-0.15, -0.1) is 0 Å². The standard InChI is InChI=1S/C12H20N4O3/c1-3-12(14,5-6-13)15-10(18)8-4-7-16(2)11(19)9(8)17/h4,7,17H,3,5-6,13-14H2,1-2H3,(H,15,18). The molecule has 0 saturated heterocycles. The molecule has 0 radical (unpaired) electrons. The van der Waals surface area contributed by atoms with Crippen LogP contribution in [0.4, 0.5) is 0 Å². The molecule has 0 aromatic carbocycles. The first-order valence-corrected chi connectivity index (χ1v) is 6.04. The van der Waals surface area contributed by atoms with E-state index in [1.165, 1.54) is 23.9 Å². The number of nitrogens with one attached hydrogen (secondary N) is 1. The van der Waals surface area contributed by atoms with Crippen LogP contribution in [-0.2, 0) is 7.05 Å². The van der Waals surface area contributed by atoms with Crippen molar-refractivity contribution in [3.63, 3.8) is 0 Å². The van der Waals surface area contributed by atoms with Gasteiger partial charge < -0.3 is 26.5 Å². The lowest BCUT2D eigenvalue weighted by Gasteiger charge is -2.29. The second-order valence-corrected chi connectivity index (χ2v) is 4.50. The average Bonchev–Trinajstić information content (AvgIpc) is 2.36. The summed E-state index contributed by atoms with van der Waals surface area (Å²) >= 11 is 0. The Morgan fingerprint density at radius 3 is 2.74 bits per heavy atom. The largest absolute Gasteiger partial charge is 0.502 e. The second kappa shape index (κ2) is 5.85. The lowest BCUT2D eigenvalue weighted by Crippen LogP contribution is -2.56. The number of rotatable bonds is 5. The Balaban J connectivity index is 3.02. The molecule has 7 heteroatoms. The molecule has 106 valence electrons. The zero-order valence-corrected chi connectivity index (χ0v) is 11.1. The lowest BCUT2D eigenvalue weighted by molar-refractivity contribution is 0.0890. The highest BCUT2D eigenvalue weighted by atomic mass is 16.3. The van der Waals surface area contributed by atoms with E-state index >= 15 is 0 Å². The number of aromatic hydroxyl groups is 1. The van der Waals surface area contributed by atoms with E-state index in [1.807, 2.05) is 6.92 Å². The molecule has 0 fully saturated rings. The molecule has 0 spiro atoms. The van der Waals surface area contributed by atoms with Crippen LogP contribution in [-0.4, -0.2) is 27.8 Å². The summed E-state index contributed by atoms with van der Waals surface area (Å²) in [4.78, 5) is 23.6. The second-order valence-electron chi connectivity index (χ2n) is 4.50. The molecule has 0 aliphatic carbocycles. The van der Waals surface area contributed by atoms with Crippen LogP contribution in [0.25, 0.3) is 0 Å². The summed E-state index contributed by atoms with van der Waals surface area (Å²) in [6.07, 6.45) is 2.30. The highest BCUT2D eigenvalue weighted by molar-refractivity contribution is 5.97. The monoisotopic (exact) mass is 268 g/mol. The van der Waals surface area contributed by atoms with E-state index in [2.05, 4.69) is 5.32 Å². The number of carbonyl (C=O) groups is 1. The molecule has 0 aliphatic rings. The quantitative estimate of drug-likeness (QED) is 0.522. The highest BCUT2D eigenvalue weighted by Crippen LogP contribution is 2.13. The van der Waals surface area contributed by atoms with E-state index < -0.39 is 22.9 Å². The maximum Gasteiger partial charge on any atom is 0.293 e. The molecule has 0 bridgehead atoms. The normalized spacial score (nSPS) is 13.9. The summed E-state index contributed by atoms with van der Waals surface area (Å²) in [5.41, 5.74) is 9.76. The van der Waals surface area contributed by atoms with Crippen molar-refractivity contribution in [1.82, 2.24) is 9.88 Å². The van der Waals surface area contributed by atoms with Gasteiger partial charge in [0.15, 0.2) is 5.75 Å². The van der Waals surface area contributed by atoms with Gasteiger partial charge in [0, 0.05) is 13.2 Å². The number of hydrogen-bond acceptors (Lipinski definition) is 5. The molecule has 1 rings (SSSR count). The van der Waals surface area contributed by atoms with Gasteiger partial charge in [-0.05, 0) is 25.5 Å². The number of nitrogens with zero attached hydrogens (tertiary/aromatic N) is 1. The number of nitrogens with two attached hydrogens (primary N) is 2. The van der Waals surface area contributed by atoms with Crippen molar-refractivity contribution >= 4 is 5.91 Å². The summed E-state index contributed by atoms with van der Waals surface area (Å²) in [5, 5.41) is 12.3. The van der Waals surface area contributed by atoms with E-state index in [1.54, 1.807) is 0 Å². The molecule has 1 aromatic rings. The maximum absolute atomic E-state index is 12.0. The Morgan fingerprint density at radius 1 is 1.58 bits per heavy atom. The minimum atomic E-state index is -0.945. The zero-order chi connectivity index (χ0) is 14.6. The number of pyridine rings is 1. The molecule has 6 N–H and O–H groups in total. The summed E-state index contributed by atoms with van der Waals surface area (Å²) in [6.45, 7) is 2.15. The first kappa shape index (κ1) is 15.2. The van der Waals surface area contributed by atoms with Crippen molar-refractivity contribution in [2.45, 2.75) is 25.4 Å². The zero-order valence-electron chi connectivity index (χ0n) is 11.1. The van der Waals surface area contributed by atoms with Gasteiger partial charge in [-0.3, -0.25) is 9.59 Å². The number of aryl methyl sites for hydroxylation is 1. The van der Waals surface area contributed by atoms with Crippen LogP contribution in [0.1, 0.15) is 30.1 Å². The molecule has 7 nitrogen and oxygen atoms in total. The van der Waals surface area contributed by atoms with Crippen molar-refractivity contribution in [3.05, 3.63) is 28.2 Å². The van der Waals surface area contributed by atoms with E-state index in [0.29, 0.717) is 19.4 Å². The van der Waals surface area contributed by atoms with Gasteiger partial charge in [-0.25, -0.2) is 0 Å². The minimum Gasteiger partial charge on any atom is -0.502 e. The molecule has 1 unspecified atom stereocenters. The topological polar surface area (TPSA) is 123 Å². The molecule has 1 heterocycles.